The summed E-state index contributed by atoms with van der Waals surface area (Å²) >= 11 is 0. The van der Waals surface area contributed by atoms with Gasteiger partial charge in [0.2, 0.25) is 5.91 Å². The zero-order valence-corrected chi connectivity index (χ0v) is 14.9. The molecule has 1 saturated heterocycles. The normalized spacial score (nSPS) is 20.6. The van der Waals surface area contributed by atoms with Crippen LogP contribution in [0.25, 0.3) is 0 Å². The van der Waals surface area contributed by atoms with Gasteiger partial charge in [-0.3, -0.25) is 19.4 Å². The Hall–Kier alpha value is -3.62. The predicted molar refractivity (Wildman–Crippen MR) is 97.9 cm³/mol. The Labute approximate surface area is 159 Å². The van der Waals surface area contributed by atoms with Crippen LogP contribution in [0.3, 0.4) is 0 Å². The molecule has 9 heteroatoms. The summed E-state index contributed by atoms with van der Waals surface area (Å²) in [5, 5.41) is 8.98. The zero-order valence-electron chi connectivity index (χ0n) is 14.9. The first kappa shape index (κ1) is 17.8. The van der Waals surface area contributed by atoms with Crippen molar-refractivity contribution in [3.63, 3.8) is 0 Å². The van der Waals surface area contributed by atoms with Crippen molar-refractivity contribution in [3.05, 3.63) is 60.4 Å². The molecule has 2 aromatic carbocycles. The standard InChI is InChI=1S/C19H16FN5O3/c1-23(13-5-3-2-4-6-13)15(26)11-24-17-16(21-22-24)18(27)25(19(17)28)14-9-7-12(20)8-10-14/h2-10,16-17H,11H2,1H3/t16-,17+/m1/s1. The fourth-order valence-corrected chi connectivity index (χ4v) is 3.24. The van der Waals surface area contributed by atoms with Gasteiger partial charge >= 0.3 is 0 Å². The Morgan fingerprint density at radius 1 is 1.07 bits per heavy atom. The Morgan fingerprint density at radius 2 is 1.75 bits per heavy atom. The van der Waals surface area contributed by atoms with Crippen molar-refractivity contribution in [3.8, 4) is 0 Å². The molecule has 2 aliphatic heterocycles. The highest BCUT2D eigenvalue weighted by Crippen LogP contribution is 2.32. The third kappa shape index (κ3) is 2.90. The monoisotopic (exact) mass is 381 g/mol. The van der Waals surface area contributed by atoms with Crippen molar-refractivity contribution in [1.82, 2.24) is 5.01 Å². The molecule has 4 rings (SSSR count). The Morgan fingerprint density at radius 3 is 2.43 bits per heavy atom. The van der Waals surface area contributed by atoms with Gasteiger partial charge in [-0.25, -0.2) is 9.29 Å². The van der Waals surface area contributed by atoms with Crippen LogP contribution in [0.1, 0.15) is 0 Å². The van der Waals surface area contributed by atoms with E-state index in [1.807, 2.05) is 18.2 Å². The fraction of sp³-hybridized carbons (Fsp3) is 0.211. The van der Waals surface area contributed by atoms with E-state index < -0.39 is 29.7 Å². The van der Waals surface area contributed by atoms with E-state index in [9.17, 15) is 18.8 Å². The SMILES string of the molecule is CN(C(=O)CN1N=N[C@H]2C(=O)N(c3ccc(F)cc3)C(=O)[C@H]21)c1ccccc1. The number of carbonyl (C=O) groups is 3. The number of imide groups is 1. The molecule has 2 atom stereocenters. The van der Waals surface area contributed by atoms with Gasteiger partial charge in [-0.2, -0.15) is 5.11 Å². The number of anilines is 2. The molecular formula is C19H16FN5O3. The summed E-state index contributed by atoms with van der Waals surface area (Å²) in [5.74, 6) is -1.86. The second-order valence-corrected chi connectivity index (χ2v) is 6.47. The van der Waals surface area contributed by atoms with Gasteiger partial charge in [0, 0.05) is 12.7 Å². The van der Waals surface area contributed by atoms with Crippen LogP contribution in [-0.4, -0.2) is 48.4 Å². The number of benzene rings is 2. The maximum absolute atomic E-state index is 13.1. The second-order valence-electron chi connectivity index (χ2n) is 6.47. The highest BCUT2D eigenvalue weighted by atomic mass is 19.1. The third-order valence-electron chi connectivity index (χ3n) is 4.76. The number of para-hydroxylation sites is 1. The lowest BCUT2D eigenvalue weighted by atomic mass is 10.1. The quantitative estimate of drug-likeness (QED) is 0.756. The van der Waals surface area contributed by atoms with Gasteiger partial charge in [0.05, 0.1) is 5.69 Å². The molecule has 0 saturated carbocycles. The van der Waals surface area contributed by atoms with E-state index in [0.29, 0.717) is 5.69 Å². The number of carbonyl (C=O) groups excluding carboxylic acids is 3. The second kappa shape index (κ2) is 6.84. The summed E-state index contributed by atoms with van der Waals surface area (Å²) in [6, 6.07) is 12.1. The van der Waals surface area contributed by atoms with Crippen LogP contribution in [0.4, 0.5) is 15.8 Å². The molecule has 3 amide bonds. The summed E-state index contributed by atoms with van der Waals surface area (Å²) in [5.41, 5.74) is 0.954. The molecule has 0 N–H and O–H groups in total. The first-order valence-corrected chi connectivity index (χ1v) is 8.60. The Kier molecular flexibility index (Phi) is 4.34. The minimum atomic E-state index is -1.01. The minimum Gasteiger partial charge on any atom is -0.314 e. The van der Waals surface area contributed by atoms with Crippen molar-refractivity contribution in [2.45, 2.75) is 12.1 Å². The molecule has 0 aromatic heterocycles. The van der Waals surface area contributed by atoms with Crippen LogP contribution in [0.15, 0.2) is 64.9 Å². The lowest BCUT2D eigenvalue weighted by molar-refractivity contribution is -0.124. The van der Waals surface area contributed by atoms with Crippen LogP contribution in [-0.2, 0) is 14.4 Å². The smallest absolute Gasteiger partial charge is 0.263 e. The average molecular weight is 381 g/mol. The van der Waals surface area contributed by atoms with E-state index >= 15 is 0 Å². The molecule has 0 spiro atoms. The zero-order chi connectivity index (χ0) is 19.8. The van der Waals surface area contributed by atoms with E-state index in [1.165, 1.54) is 34.2 Å². The van der Waals surface area contributed by atoms with Crippen molar-refractivity contribution >= 4 is 29.1 Å². The Balaban J connectivity index is 1.52. The number of nitrogens with zero attached hydrogens (tertiary/aromatic N) is 5. The summed E-state index contributed by atoms with van der Waals surface area (Å²) in [6.07, 6.45) is 0. The predicted octanol–water partition coefficient (Wildman–Crippen LogP) is 1.78. The molecule has 2 aliphatic rings. The van der Waals surface area contributed by atoms with E-state index in [4.69, 9.17) is 0 Å². The number of amides is 3. The average Bonchev–Trinajstić information content (AvgIpc) is 3.23. The van der Waals surface area contributed by atoms with Gasteiger partial charge in [0.25, 0.3) is 11.8 Å². The number of halogens is 1. The van der Waals surface area contributed by atoms with Crippen LogP contribution in [0.2, 0.25) is 0 Å². The van der Waals surface area contributed by atoms with Gasteiger partial charge in [-0.15, -0.1) is 0 Å². The van der Waals surface area contributed by atoms with Crippen molar-refractivity contribution in [2.75, 3.05) is 23.4 Å². The van der Waals surface area contributed by atoms with Gasteiger partial charge in [-0.05, 0) is 36.4 Å². The number of rotatable bonds is 4. The van der Waals surface area contributed by atoms with Crippen LogP contribution in [0.5, 0.6) is 0 Å². The number of fused-ring (bicyclic) bond motifs is 1. The molecule has 0 unspecified atom stereocenters. The van der Waals surface area contributed by atoms with Gasteiger partial charge in [0.1, 0.15) is 12.4 Å². The largest absolute Gasteiger partial charge is 0.314 e. The molecule has 2 heterocycles. The first-order valence-electron chi connectivity index (χ1n) is 8.60. The van der Waals surface area contributed by atoms with Gasteiger partial charge in [-0.1, -0.05) is 23.4 Å². The molecule has 8 nitrogen and oxygen atoms in total. The van der Waals surface area contributed by atoms with Gasteiger partial charge in [0.15, 0.2) is 12.1 Å². The topological polar surface area (TPSA) is 85.7 Å². The van der Waals surface area contributed by atoms with Crippen molar-refractivity contribution in [1.29, 1.82) is 0 Å². The minimum absolute atomic E-state index is 0.202. The maximum atomic E-state index is 13.1. The summed E-state index contributed by atoms with van der Waals surface area (Å²) in [4.78, 5) is 40.5. The highest BCUT2D eigenvalue weighted by molar-refractivity contribution is 6.25. The van der Waals surface area contributed by atoms with Crippen LogP contribution < -0.4 is 9.80 Å². The molecule has 2 aromatic rings. The summed E-state index contributed by atoms with van der Waals surface area (Å²) in [6.45, 7) is -0.202. The summed E-state index contributed by atoms with van der Waals surface area (Å²) in [7, 11) is 1.62. The molecule has 0 radical (unpaired) electrons. The maximum Gasteiger partial charge on any atom is 0.263 e. The lowest BCUT2D eigenvalue weighted by Gasteiger charge is -2.23. The first-order chi connectivity index (χ1) is 13.5. The van der Waals surface area contributed by atoms with Crippen LogP contribution >= 0.6 is 0 Å². The van der Waals surface area contributed by atoms with E-state index in [0.717, 1.165) is 4.90 Å². The van der Waals surface area contributed by atoms with Crippen molar-refractivity contribution < 1.29 is 18.8 Å². The van der Waals surface area contributed by atoms with Crippen molar-refractivity contribution in [2.24, 2.45) is 10.3 Å². The number of hydrogen-bond acceptors (Lipinski definition) is 6. The molecule has 142 valence electrons. The third-order valence-corrected chi connectivity index (χ3v) is 4.76. The van der Waals surface area contributed by atoms with E-state index in [-0.39, 0.29) is 18.1 Å². The number of likely N-dealkylation sites (N-methyl/N-ethyl adjacent to an activating group) is 1. The number of hydrogen-bond donors (Lipinski definition) is 0. The molecule has 0 bridgehead atoms. The molecular weight excluding hydrogens is 365 g/mol. The molecule has 1 fully saturated rings. The van der Waals surface area contributed by atoms with Gasteiger partial charge < -0.3 is 4.90 Å². The molecule has 0 aliphatic carbocycles. The summed E-state index contributed by atoms with van der Waals surface area (Å²) < 4.78 is 13.1. The lowest BCUT2D eigenvalue weighted by Crippen LogP contribution is -2.45. The fourth-order valence-electron chi connectivity index (χ4n) is 3.24. The Bertz CT molecular complexity index is 963. The van der Waals surface area contributed by atoms with E-state index in [2.05, 4.69) is 10.3 Å². The van der Waals surface area contributed by atoms with E-state index in [1.54, 1.807) is 19.2 Å². The highest BCUT2D eigenvalue weighted by Gasteiger charge is 2.55. The van der Waals surface area contributed by atoms with Crippen LogP contribution in [0, 0.1) is 5.82 Å². The molecule has 28 heavy (non-hydrogen) atoms.